The number of carbonyl (C=O) groups excluding carboxylic acids is 3. The molecule has 10 heteroatoms. The molecule has 0 bridgehead atoms. The molecule has 3 aromatic carbocycles. The van der Waals surface area contributed by atoms with Gasteiger partial charge in [-0.15, -0.1) is 0 Å². The van der Waals surface area contributed by atoms with Crippen LogP contribution < -0.4 is 16.0 Å². The molecule has 0 saturated carbocycles. The summed E-state index contributed by atoms with van der Waals surface area (Å²) in [5.74, 6) is -1.58. The summed E-state index contributed by atoms with van der Waals surface area (Å²) in [6, 6.07) is 21.0. The third-order valence-electron chi connectivity index (χ3n) is 6.58. The van der Waals surface area contributed by atoms with Gasteiger partial charge < -0.3 is 30.7 Å². The minimum atomic E-state index is -0.981. The van der Waals surface area contributed by atoms with E-state index in [2.05, 4.69) is 16.0 Å². The van der Waals surface area contributed by atoms with E-state index in [0.717, 1.165) is 11.1 Å². The van der Waals surface area contributed by atoms with Crippen LogP contribution in [0.4, 0.5) is 16.2 Å². The molecule has 0 aliphatic carbocycles. The normalized spacial score (nSPS) is 14.7. The van der Waals surface area contributed by atoms with Crippen LogP contribution in [-0.4, -0.2) is 58.6 Å². The Kier molecular flexibility index (Phi) is 9.46. The summed E-state index contributed by atoms with van der Waals surface area (Å²) in [6.45, 7) is 6.30. The number of aliphatic carboxylic acids is 1. The molecule has 1 aliphatic rings. The number of amides is 3. The van der Waals surface area contributed by atoms with E-state index < -0.39 is 23.7 Å². The molecule has 220 valence electrons. The van der Waals surface area contributed by atoms with Crippen molar-refractivity contribution in [2.24, 2.45) is 0 Å². The quantitative estimate of drug-likeness (QED) is 0.286. The number of ether oxygens (including phenoxy) is 1. The predicted octanol–water partition coefficient (Wildman–Crippen LogP) is 4.92. The number of hydrogen-bond donors (Lipinski definition) is 4. The zero-order valence-electron chi connectivity index (χ0n) is 24.0. The van der Waals surface area contributed by atoms with E-state index in [1.807, 2.05) is 30.3 Å². The van der Waals surface area contributed by atoms with E-state index in [4.69, 9.17) is 4.74 Å². The van der Waals surface area contributed by atoms with E-state index in [1.54, 1.807) is 68.1 Å². The highest BCUT2D eigenvalue weighted by Crippen LogP contribution is 2.26. The number of hydrogen-bond acceptors (Lipinski definition) is 6. The second kappa shape index (κ2) is 13.2. The Morgan fingerprint density at radius 2 is 1.71 bits per heavy atom. The van der Waals surface area contributed by atoms with E-state index >= 15 is 0 Å². The summed E-state index contributed by atoms with van der Waals surface area (Å²) in [4.78, 5) is 51.6. The maximum Gasteiger partial charge on any atom is 0.407 e. The average Bonchev–Trinajstić information content (AvgIpc) is 3.06. The molecule has 3 aromatic rings. The lowest BCUT2D eigenvalue weighted by molar-refractivity contribution is -0.137. The molecule has 4 N–H and O–H groups in total. The Morgan fingerprint density at radius 3 is 2.38 bits per heavy atom. The summed E-state index contributed by atoms with van der Waals surface area (Å²) in [7, 11) is 0. The van der Waals surface area contributed by atoms with Gasteiger partial charge in [0.2, 0.25) is 0 Å². The highest BCUT2D eigenvalue weighted by molar-refractivity contribution is 6.07. The number of anilines is 2. The fraction of sp³-hybridized carbons (Fsp3) is 0.312. The van der Waals surface area contributed by atoms with Gasteiger partial charge in [-0.05, 0) is 68.7 Å². The van der Waals surface area contributed by atoms with Gasteiger partial charge in [0.15, 0.2) is 0 Å². The van der Waals surface area contributed by atoms with Gasteiger partial charge in [-0.1, -0.05) is 42.5 Å². The van der Waals surface area contributed by atoms with Gasteiger partial charge in [0.1, 0.15) is 5.60 Å². The molecule has 0 saturated heterocycles. The van der Waals surface area contributed by atoms with E-state index in [-0.39, 0.29) is 31.3 Å². The number of nitrogens with zero attached hydrogens (tertiary/aromatic N) is 1. The predicted molar refractivity (Wildman–Crippen MR) is 160 cm³/mol. The van der Waals surface area contributed by atoms with E-state index in [0.29, 0.717) is 35.5 Å². The number of alkyl carbamates (subject to hydrolysis) is 1. The maximum atomic E-state index is 13.5. The first-order valence-electron chi connectivity index (χ1n) is 13.8. The van der Waals surface area contributed by atoms with Crippen molar-refractivity contribution in [2.45, 2.75) is 51.8 Å². The Hall–Kier alpha value is -4.86. The highest BCUT2D eigenvalue weighted by Gasteiger charge is 2.29. The number of rotatable bonds is 9. The van der Waals surface area contributed by atoms with Crippen molar-refractivity contribution in [3.63, 3.8) is 0 Å². The Bertz CT molecular complexity index is 1430. The molecule has 0 aromatic heterocycles. The number of fused-ring (bicyclic) bond motifs is 1. The highest BCUT2D eigenvalue weighted by atomic mass is 16.6. The lowest BCUT2D eigenvalue weighted by atomic mass is 10.1. The van der Waals surface area contributed by atoms with Crippen LogP contribution in [0.25, 0.3) is 0 Å². The number of carboxylic acids is 1. The maximum absolute atomic E-state index is 13.5. The Morgan fingerprint density at radius 1 is 1.00 bits per heavy atom. The first kappa shape index (κ1) is 30.1. The number of nitrogens with one attached hydrogen (secondary N) is 3. The monoisotopic (exact) mass is 572 g/mol. The van der Waals surface area contributed by atoms with Gasteiger partial charge in [0, 0.05) is 36.6 Å². The zero-order valence-corrected chi connectivity index (χ0v) is 24.0. The van der Waals surface area contributed by atoms with Crippen molar-refractivity contribution in [1.29, 1.82) is 0 Å². The number of carboxylic acid groups (broad SMARTS) is 1. The third kappa shape index (κ3) is 8.57. The fourth-order valence-corrected chi connectivity index (χ4v) is 4.60. The summed E-state index contributed by atoms with van der Waals surface area (Å²) in [5, 5.41) is 18.2. The first-order valence-corrected chi connectivity index (χ1v) is 13.8. The van der Waals surface area contributed by atoms with Crippen LogP contribution in [0.2, 0.25) is 0 Å². The standard InChI is InChI=1S/C32H36N4O6/c1-32(2,3)42-31(41)33-19-22-9-12-24(13-10-22)35-29(39)23-11-14-26-27(17-23)34-25(18-28(37)38)20-36(30(26)40)16-15-21-7-5-4-6-8-21/h4-14,17,25,34H,15-16,18-20H2,1-3H3,(H,33,41)(H,35,39)(H,37,38)/t25-/m1/s1. The van der Waals surface area contributed by atoms with Crippen LogP contribution in [0.15, 0.2) is 72.8 Å². The van der Waals surface area contributed by atoms with Crippen molar-refractivity contribution >= 4 is 35.3 Å². The lowest BCUT2D eigenvalue weighted by Crippen LogP contribution is -2.39. The second-order valence-electron chi connectivity index (χ2n) is 11.2. The van der Waals surface area contributed by atoms with Crippen molar-refractivity contribution in [3.8, 4) is 0 Å². The lowest BCUT2D eigenvalue weighted by Gasteiger charge is -2.24. The summed E-state index contributed by atoms with van der Waals surface area (Å²) in [5.41, 5.74) is 2.99. The smallest absolute Gasteiger partial charge is 0.407 e. The largest absolute Gasteiger partial charge is 0.481 e. The van der Waals surface area contributed by atoms with Gasteiger partial charge in [0.05, 0.1) is 18.0 Å². The molecular formula is C32H36N4O6. The molecule has 0 unspecified atom stereocenters. The van der Waals surface area contributed by atoms with Crippen LogP contribution in [0.5, 0.6) is 0 Å². The van der Waals surface area contributed by atoms with Gasteiger partial charge in [-0.2, -0.15) is 0 Å². The summed E-state index contributed by atoms with van der Waals surface area (Å²) < 4.78 is 5.24. The summed E-state index contributed by atoms with van der Waals surface area (Å²) in [6.07, 6.45) is -0.0573. The molecule has 42 heavy (non-hydrogen) atoms. The van der Waals surface area contributed by atoms with Crippen LogP contribution in [-0.2, 0) is 22.5 Å². The molecule has 0 spiro atoms. The van der Waals surface area contributed by atoms with Gasteiger partial charge in [0.25, 0.3) is 11.8 Å². The molecule has 1 atom stereocenters. The zero-order chi connectivity index (χ0) is 30.3. The molecule has 1 heterocycles. The first-order chi connectivity index (χ1) is 20.0. The topological polar surface area (TPSA) is 137 Å². The van der Waals surface area contributed by atoms with Crippen LogP contribution in [0, 0.1) is 0 Å². The summed E-state index contributed by atoms with van der Waals surface area (Å²) >= 11 is 0. The minimum Gasteiger partial charge on any atom is -0.481 e. The van der Waals surface area contributed by atoms with Gasteiger partial charge in [-0.3, -0.25) is 14.4 Å². The minimum absolute atomic E-state index is 0.180. The van der Waals surface area contributed by atoms with Crippen LogP contribution in [0.3, 0.4) is 0 Å². The second-order valence-corrected chi connectivity index (χ2v) is 11.2. The average molecular weight is 573 g/mol. The van der Waals surface area contributed by atoms with Gasteiger partial charge in [-0.25, -0.2) is 4.79 Å². The van der Waals surface area contributed by atoms with Crippen molar-refractivity contribution < 1.29 is 29.0 Å². The Balaban J connectivity index is 1.43. The molecule has 0 radical (unpaired) electrons. The molecule has 10 nitrogen and oxygen atoms in total. The van der Waals surface area contributed by atoms with Crippen LogP contribution in [0.1, 0.15) is 59.0 Å². The molecular weight excluding hydrogens is 536 g/mol. The number of benzene rings is 3. The van der Waals surface area contributed by atoms with Crippen molar-refractivity contribution in [2.75, 3.05) is 23.7 Å². The van der Waals surface area contributed by atoms with E-state index in [9.17, 15) is 24.3 Å². The fourth-order valence-electron chi connectivity index (χ4n) is 4.60. The van der Waals surface area contributed by atoms with Crippen molar-refractivity contribution in [3.05, 3.63) is 95.1 Å². The molecule has 1 aliphatic heterocycles. The SMILES string of the molecule is CC(C)(C)OC(=O)NCc1ccc(NC(=O)c2ccc3c(c2)N[C@H](CC(=O)O)CN(CCc2ccccc2)C3=O)cc1. The molecule has 4 rings (SSSR count). The molecule has 3 amide bonds. The van der Waals surface area contributed by atoms with Crippen LogP contribution >= 0.6 is 0 Å². The van der Waals surface area contributed by atoms with Gasteiger partial charge >= 0.3 is 12.1 Å². The Labute approximate surface area is 245 Å². The third-order valence-corrected chi connectivity index (χ3v) is 6.58. The molecule has 0 fully saturated rings. The van der Waals surface area contributed by atoms with E-state index in [1.165, 1.54) is 0 Å². The van der Waals surface area contributed by atoms with Crippen molar-refractivity contribution in [1.82, 2.24) is 10.2 Å². The number of carbonyl (C=O) groups is 4.